The van der Waals surface area contributed by atoms with Crippen molar-refractivity contribution < 1.29 is 8.78 Å². The largest absolute Gasteiger partial charge is 0.381 e. The van der Waals surface area contributed by atoms with E-state index in [-0.39, 0.29) is 0 Å². The molecule has 0 saturated carbocycles. The Kier molecular flexibility index (Phi) is 3.60. The maximum absolute atomic E-state index is 13.0. The van der Waals surface area contributed by atoms with E-state index in [2.05, 4.69) is 10.4 Å². The number of benzene rings is 1. The molecule has 1 aromatic carbocycles. The summed E-state index contributed by atoms with van der Waals surface area (Å²) in [7, 11) is 0. The summed E-state index contributed by atoms with van der Waals surface area (Å²) in [4.78, 5) is 0. The molecule has 96 valence electrons. The monoisotopic (exact) mass is 251 g/mol. The van der Waals surface area contributed by atoms with E-state index < -0.39 is 11.6 Å². The van der Waals surface area contributed by atoms with Crippen molar-refractivity contribution in [1.82, 2.24) is 9.78 Å². The van der Waals surface area contributed by atoms with Crippen molar-refractivity contribution in [2.75, 3.05) is 5.32 Å². The Hall–Kier alpha value is -1.91. The zero-order valence-corrected chi connectivity index (χ0v) is 10.3. The third kappa shape index (κ3) is 2.85. The molecule has 2 rings (SSSR count). The molecule has 0 unspecified atom stereocenters. The summed E-state index contributed by atoms with van der Waals surface area (Å²) in [6.45, 7) is 4.61. The molecule has 2 aromatic rings. The molecular weight excluding hydrogens is 236 g/mol. The van der Waals surface area contributed by atoms with Gasteiger partial charge in [0, 0.05) is 36.1 Å². The van der Waals surface area contributed by atoms with Gasteiger partial charge in [-0.15, -0.1) is 0 Å². The van der Waals surface area contributed by atoms with E-state index >= 15 is 0 Å². The molecule has 0 bridgehead atoms. The van der Waals surface area contributed by atoms with Crippen molar-refractivity contribution in [3.05, 3.63) is 47.8 Å². The van der Waals surface area contributed by atoms with E-state index in [1.807, 2.05) is 24.7 Å². The first kappa shape index (κ1) is 12.5. The SMILES string of the molecule is CC(C)n1cc(CNc2ccc(F)c(F)c2)cn1. The van der Waals surface area contributed by atoms with Crippen LogP contribution in [-0.4, -0.2) is 9.78 Å². The highest BCUT2D eigenvalue weighted by Gasteiger charge is 2.04. The van der Waals surface area contributed by atoms with Gasteiger partial charge < -0.3 is 5.32 Å². The number of nitrogens with one attached hydrogen (secondary N) is 1. The van der Waals surface area contributed by atoms with Crippen LogP contribution in [0.15, 0.2) is 30.6 Å². The van der Waals surface area contributed by atoms with Gasteiger partial charge in [0.2, 0.25) is 0 Å². The van der Waals surface area contributed by atoms with E-state index in [0.717, 1.165) is 17.7 Å². The van der Waals surface area contributed by atoms with E-state index in [0.29, 0.717) is 18.3 Å². The minimum absolute atomic E-state index is 0.307. The van der Waals surface area contributed by atoms with Crippen LogP contribution in [-0.2, 0) is 6.54 Å². The zero-order valence-electron chi connectivity index (χ0n) is 10.3. The Balaban J connectivity index is 2.00. The summed E-state index contributed by atoms with van der Waals surface area (Å²) >= 11 is 0. The van der Waals surface area contributed by atoms with Crippen LogP contribution < -0.4 is 5.32 Å². The van der Waals surface area contributed by atoms with Crippen molar-refractivity contribution in [3.8, 4) is 0 Å². The predicted octanol–water partition coefficient (Wildman–Crippen LogP) is 3.35. The van der Waals surface area contributed by atoms with Gasteiger partial charge >= 0.3 is 0 Å². The lowest BCUT2D eigenvalue weighted by molar-refractivity contribution is 0.509. The highest BCUT2D eigenvalue weighted by Crippen LogP contribution is 2.14. The van der Waals surface area contributed by atoms with Crippen LogP contribution in [0.2, 0.25) is 0 Å². The highest BCUT2D eigenvalue weighted by atomic mass is 19.2. The first-order valence-electron chi connectivity index (χ1n) is 5.78. The molecule has 18 heavy (non-hydrogen) atoms. The summed E-state index contributed by atoms with van der Waals surface area (Å²) in [5.41, 5.74) is 1.54. The smallest absolute Gasteiger partial charge is 0.160 e. The molecule has 0 aliphatic carbocycles. The molecule has 1 aromatic heterocycles. The second-order valence-electron chi connectivity index (χ2n) is 4.40. The maximum Gasteiger partial charge on any atom is 0.160 e. The van der Waals surface area contributed by atoms with Gasteiger partial charge in [0.15, 0.2) is 11.6 Å². The molecule has 0 atom stereocenters. The molecule has 0 spiro atoms. The Labute approximate surface area is 104 Å². The summed E-state index contributed by atoms with van der Waals surface area (Å²) in [5.74, 6) is -1.69. The van der Waals surface area contributed by atoms with Gasteiger partial charge in [-0.05, 0) is 26.0 Å². The molecule has 0 aliphatic heterocycles. The Morgan fingerprint density at radius 1 is 1.28 bits per heavy atom. The summed E-state index contributed by atoms with van der Waals surface area (Å²) in [6, 6.07) is 4.06. The second kappa shape index (κ2) is 5.16. The molecule has 1 N–H and O–H groups in total. The molecule has 3 nitrogen and oxygen atoms in total. The van der Waals surface area contributed by atoms with Crippen molar-refractivity contribution >= 4 is 5.69 Å². The fourth-order valence-electron chi connectivity index (χ4n) is 1.56. The van der Waals surface area contributed by atoms with Gasteiger partial charge in [-0.25, -0.2) is 8.78 Å². The lowest BCUT2D eigenvalue weighted by Crippen LogP contribution is -2.01. The fourth-order valence-corrected chi connectivity index (χ4v) is 1.56. The summed E-state index contributed by atoms with van der Waals surface area (Å²) < 4.78 is 27.6. The lowest BCUT2D eigenvalue weighted by Gasteiger charge is -2.05. The van der Waals surface area contributed by atoms with Crippen molar-refractivity contribution in [2.45, 2.75) is 26.4 Å². The lowest BCUT2D eigenvalue weighted by atomic mass is 10.3. The Bertz CT molecular complexity index is 535. The van der Waals surface area contributed by atoms with Crippen LogP contribution in [0.4, 0.5) is 14.5 Å². The Morgan fingerprint density at radius 3 is 2.67 bits per heavy atom. The minimum Gasteiger partial charge on any atom is -0.381 e. The van der Waals surface area contributed by atoms with Gasteiger partial charge in [0.05, 0.1) is 6.20 Å². The minimum atomic E-state index is -0.849. The van der Waals surface area contributed by atoms with E-state index in [1.54, 1.807) is 6.20 Å². The molecule has 0 amide bonds. The number of aromatic nitrogens is 2. The van der Waals surface area contributed by atoms with Crippen LogP contribution in [0.5, 0.6) is 0 Å². The molecule has 0 radical (unpaired) electrons. The maximum atomic E-state index is 13.0. The van der Waals surface area contributed by atoms with Crippen LogP contribution in [0.25, 0.3) is 0 Å². The number of hydrogen-bond acceptors (Lipinski definition) is 2. The number of hydrogen-bond donors (Lipinski definition) is 1. The van der Waals surface area contributed by atoms with E-state index in [4.69, 9.17) is 0 Å². The highest BCUT2D eigenvalue weighted by molar-refractivity contribution is 5.43. The number of anilines is 1. The molecular formula is C13H15F2N3. The molecule has 1 heterocycles. The first-order valence-corrected chi connectivity index (χ1v) is 5.78. The van der Waals surface area contributed by atoms with Crippen LogP contribution in [0.1, 0.15) is 25.5 Å². The summed E-state index contributed by atoms with van der Waals surface area (Å²) in [6.07, 6.45) is 3.68. The zero-order chi connectivity index (χ0) is 13.1. The van der Waals surface area contributed by atoms with Gasteiger partial charge in [-0.1, -0.05) is 0 Å². The quantitative estimate of drug-likeness (QED) is 0.903. The van der Waals surface area contributed by atoms with Crippen LogP contribution in [0.3, 0.4) is 0 Å². The molecule has 0 fully saturated rings. The van der Waals surface area contributed by atoms with Crippen LogP contribution >= 0.6 is 0 Å². The predicted molar refractivity (Wildman–Crippen MR) is 66.3 cm³/mol. The summed E-state index contributed by atoms with van der Waals surface area (Å²) in [5, 5.41) is 7.22. The normalized spacial score (nSPS) is 10.9. The van der Waals surface area contributed by atoms with Gasteiger partial charge in [-0.2, -0.15) is 5.10 Å². The van der Waals surface area contributed by atoms with Gasteiger partial charge in [0.25, 0.3) is 0 Å². The standard InChI is InChI=1S/C13H15F2N3/c1-9(2)18-8-10(7-17-18)6-16-11-3-4-12(14)13(15)5-11/h3-5,7-9,16H,6H2,1-2H3. The molecule has 5 heteroatoms. The van der Waals surface area contributed by atoms with E-state index in [9.17, 15) is 8.78 Å². The van der Waals surface area contributed by atoms with Gasteiger partial charge in [-0.3, -0.25) is 4.68 Å². The van der Waals surface area contributed by atoms with Crippen molar-refractivity contribution in [2.24, 2.45) is 0 Å². The average molecular weight is 251 g/mol. The number of halogens is 2. The third-order valence-electron chi connectivity index (χ3n) is 2.60. The van der Waals surface area contributed by atoms with Gasteiger partial charge in [0.1, 0.15) is 0 Å². The third-order valence-corrected chi connectivity index (χ3v) is 2.60. The van der Waals surface area contributed by atoms with Crippen molar-refractivity contribution in [3.63, 3.8) is 0 Å². The molecule has 0 aliphatic rings. The van der Waals surface area contributed by atoms with E-state index in [1.165, 1.54) is 6.07 Å². The molecule has 0 saturated heterocycles. The number of nitrogens with zero attached hydrogens (tertiary/aromatic N) is 2. The number of rotatable bonds is 4. The van der Waals surface area contributed by atoms with Crippen molar-refractivity contribution in [1.29, 1.82) is 0 Å². The Morgan fingerprint density at radius 2 is 2.06 bits per heavy atom. The average Bonchev–Trinajstić information content (AvgIpc) is 2.79. The fraction of sp³-hybridized carbons (Fsp3) is 0.308. The first-order chi connectivity index (χ1) is 8.56. The topological polar surface area (TPSA) is 29.9 Å². The van der Waals surface area contributed by atoms with Crippen LogP contribution in [0, 0.1) is 11.6 Å². The second-order valence-corrected chi connectivity index (χ2v) is 4.40.